The van der Waals surface area contributed by atoms with Gasteiger partial charge in [-0.2, -0.15) is 13.2 Å². The number of hydrogen-bond acceptors (Lipinski definition) is 3. The average Bonchev–Trinajstić information content (AvgIpc) is 2.01. The minimum Gasteiger partial charge on any atom is -0.449 e. The number of hydrogen-bond donors (Lipinski definition) is 2. The summed E-state index contributed by atoms with van der Waals surface area (Å²) >= 11 is 0. The van der Waals surface area contributed by atoms with Gasteiger partial charge >= 0.3 is 12.3 Å². The van der Waals surface area contributed by atoms with Gasteiger partial charge in [0.15, 0.2) is 0 Å². The summed E-state index contributed by atoms with van der Waals surface area (Å²) in [4.78, 5) is 10.7. The zero-order valence-electron chi connectivity index (χ0n) is 7.73. The molecule has 0 fully saturated rings. The molecule has 0 aromatic carbocycles. The van der Waals surface area contributed by atoms with Crippen molar-refractivity contribution in [3.05, 3.63) is 0 Å². The third kappa shape index (κ3) is 7.66. The Hall–Kier alpha value is -0.980. The molecule has 7 heteroatoms. The first kappa shape index (κ1) is 13.0. The first-order chi connectivity index (χ1) is 6.35. The number of carbonyl (C=O) groups excluding carboxylic acids is 1. The monoisotopic (exact) mass is 214 g/mol. The Bertz CT molecular complexity index is 184. The first-order valence-corrected chi connectivity index (χ1v) is 4.05. The van der Waals surface area contributed by atoms with E-state index < -0.39 is 25.3 Å². The molecular formula is C7H13F3N2O2. The van der Waals surface area contributed by atoms with E-state index in [0.29, 0.717) is 0 Å². The number of carbonyl (C=O) groups is 1. The molecule has 0 saturated carbocycles. The number of alkyl halides is 3. The Morgan fingerprint density at radius 3 is 2.57 bits per heavy atom. The molecule has 0 rings (SSSR count). The standard InChI is InChI=1S/C7H13F3N2O2/c1-5(4-11)12-6(13)14-3-2-7(8,9)10/h5H,2-4,11H2,1H3,(H,12,13)/t5-/m0/s1. The molecule has 4 nitrogen and oxygen atoms in total. The zero-order valence-corrected chi connectivity index (χ0v) is 7.73. The van der Waals surface area contributed by atoms with Crippen LogP contribution in [-0.2, 0) is 4.74 Å². The minimum absolute atomic E-state index is 0.203. The molecule has 0 radical (unpaired) electrons. The zero-order chi connectivity index (χ0) is 11.2. The molecule has 14 heavy (non-hydrogen) atoms. The maximum atomic E-state index is 11.6. The van der Waals surface area contributed by atoms with Crippen LogP contribution in [-0.4, -0.2) is 31.5 Å². The Labute approximate surface area is 79.6 Å². The molecule has 84 valence electrons. The Morgan fingerprint density at radius 2 is 2.14 bits per heavy atom. The lowest BCUT2D eigenvalue weighted by molar-refractivity contribution is -0.141. The maximum Gasteiger partial charge on any atom is 0.407 e. The molecule has 0 aliphatic carbocycles. The highest BCUT2D eigenvalue weighted by Gasteiger charge is 2.27. The average molecular weight is 214 g/mol. The Balaban J connectivity index is 3.55. The quantitative estimate of drug-likeness (QED) is 0.734. The molecular weight excluding hydrogens is 201 g/mol. The smallest absolute Gasteiger partial charge is 0.407 e. The maximum absolute atomic E-state index is 11.6. The summed E-state index contributed by atoms with van der Waals surface area (Å²) in [6, 6.07) is -0.312. The molecule has 0 unspecified atom stereocenters. The third-order valence-electron chi connectivity index (χ3n) is 1.34. The van der Waals surface area contributed by atoms with Crippen molar-refractivity contribution in [1.82, 2.24) is 5.32 Å². The summed E-state index contributed by atoms with van der Waals surface area (Å²) in [6.45, 7) is 1.14. The van der Waals surface area contributed by atoms with E-state index in [1.54, 1.807) is 6.92 Å². The molecule has 0 aromatic rings. The van der Waals surface area contributed by atoms with Crippen molar-refractivity contribution in [2.24, 2.45) is 5.73 Å². The van der Waals surface area contributed by atoms with Gasteiger partial charge in [0.1, 0.15) is 6.61 Å². The molecule has 1 amide bonds. The summed E-state index contributed by atoms with van der Waals surface area (Å²) in [5.41, 5.74) is 5.17. The summed E-state index contributed by atoms with van der Waals surface area (Å²) in [5.74, 6) is 0. The van der Waals surface area contributed by atoms with E-state index in [1.807, 2.05) is 0 Å². The highest BCUT2D eigenvalue weighted by atomic mass is 19.4. The van der Waals surface area contributed by atoms with E-state index in [-0.39, 0.29) is 12.6 Å². The van der Waals surface area contributed by atoms with Crippen LogP contribution in [0.5, 0.6) is 0 Å². The molecule has 0 heterocycles. The van der Waals surface area contributed by atoms with Crippen LogP contribution in [0, 0.1) is 0 Å². The van der Waals surface area contributed by atoms with Gasteiger partial charge in [-0.05, 0) is 6.92 Å². The number of ether oxygens (including phenoxy) is 1. The summed E-state index contributed by atoms with van der Waals surface area (Å²) in [6.07, 6.45) is -6.33. The van der Waals surface area contributed by atoms with Gasteiger partial charge in [0.25, 0.3) is 0 Å². The summed E-state index contributed by atoms with van der Waals surface area (Å²) < 4.78 is 39.1. The molecule has 0 bridgehead atoms. The van der Waals surface area contributed by atoms with Crippen LogP contribution in [0.3, 0.4) is 0 Å². The number of halogens is 3. The fraction of sp³-hybridized carbons (Fsp3) is 0.857. The molecule has 1 atom stereocenters. The topological polar surface area (TPSA) is 64.3 Å². The van der Waals surface area contributed by atoms with Gasteiger partial charge in [0.05, 0.1) is 6.42 Å². The van der Waals surface area contributed by atoms with E-state index >= 15 is 0 Å². The number of alkyl carbamates (subject to hydrolysis) is 1. The van der Waals surface area contributed by atoms with Gasteiger partial charge in [0, 0.05) is 12.6 Å². The lowest BCUT2D eigenvalue weighted by Crippen LogP contribution is -2.38. The number of rotatable bonds is 4. The lowest BCUT2D eigenvalue weighted by Gasteiger charge is -2.12. The molecule has 0 spiro atoms. The van der Waals surface area contributed by atoms with E-state index in [2.05, 4.69) is 10.1 Å². The van der Waals surface area contributed by atoms with Crippen LogP contribution in [0.1, 0.15) is 13.3 Å². The number of nitrogens with one attached hydrogen (secondary N) is 1. The van der Waals surface area contributed by atoms with Crippen LogP contribution < -0.4 is 11.1 Å². The first-order valence-electron chi connectivity index (χ1n) is 4.05. The van der Waals surface area contributed by atoms with Crippen molar-refractivity contribution in [3.63, 3.8) is 0 Å². The van der Waals surface area contributed by atoms with Gasteiger partial charge < -0.3 is 15.8 Å². The van der Waals surface area contributed by atoms with Gasteiger partial charge in [-0.1, -0.05) is 0 Å². The largest absolute Gasteiger partial charge is 0.449 e. The van der Waals surface area contributed by atoms with E-state index in [9.17, 15) is 18.0 Å². The fourth-order valence-electron chi connectivity index (χ4n) is 0.561. The molecule has 3 N–H and O–H groups in total. The minimum atomic E-state index is -4.31. The van der Waals surface area contributed by atoms with Gasteiger partial charge in [0.2, 0.25) is 0 Å². The van der Waals surface area contributed by atoms with Crippen LogP contribution in [0.25, 0.3) is 0 Å². The summed E-state index contributed by atoms with van der Waals surface area (Å²) in [7, 11) is 0. The molecule has 0 aromatic heterocycles. The fourth-order valence-corrected chi connectivity index (χ4v) is 0.561. The van der Waals surface area contributed by atoms with Crippen molar-refractivity contribution in [2.75, 3.05) is 13.2 Å². The van der Waals surface area contributed by atoms with Crippen LogP contribution in [0.15, 0.2) is 0 Å². The van der Waals surface area contributed by atoms with E-state index in [1.165, 1.54) is 0 Å². The second kappa shape index (κ2) is 5.69. The molecule has 0 aliphatic heterocycles. The van der Waals surface area contributed by atoms with Crippen molar-refractivity contribution in [3.8, 4) is 0 Å². The lowest BCUT2D eigenvalue weighted by atomic mass is 10.3. The normalized spacial score (nSPS) is 13.5. The molecule has 0 saturated heterocycles. The van der Waals surface area contributed by atoms with Crippen LogP contribution in [0.4, 0.5) is 18.0 Å². The van der Waals surface area contributed by atoms with Crippen molar-refractivity contribution >= 4 is 6.09 Å². The van der Waals surface area contributed by atoms with Gasteiger partial charge in [-0.15, -0.1) is 0 Å². The summed E-state index contributed by atoms with van der Waals surface area (Å²) in [5, 5.41) is 2.26. The van der Waals surface area contributed by atoms with Crippen molar-refractivity contribution < 1.29 is 22.7 Å². The van der Waals surface area contributed by atoms with Crippen molar-refractivity contribution in [1.29, 1.82) is 0 Å². The van der Waals surface area contributed by atoms with Gasteiger partial charge in [-0.3, -0.25) is 0 Å². The number of nitrogens with two attached hydrogens (primary N) is 1. The van der Waals surface area contributed by atoms with E-state index in [0.717, 1.165) is 0 Å². The molecule has 0 aliphatic rings. The van der Waals surface area contributed by atoms with Crippen LogP contribution in [0.2, 0.25) is 0 Å². The van der Waals surface area contributed by atoms with Crippen molar-refractivity contribution in [2.45, 2.75) is 25.6 Å². The third-order valence-corrected chi connectivity index (χ3v) is 1.34. The number of amides is 1. The SMILES string of the molecule is C[C@@H](CN)NC(=O)OCCC(F)(F)F. The Morgan fingerprint density at radius 1 is 1.57 bits per heavy atom. The highest BCUT2D eigenvalue weighted by molar-refractivity contribution is 5.67. The van der Waals surface area contributed by atoms with Gasteiger partial charge in [-0.25, -0.2) is 4.79 Å². The van der Waals surface area contributed by atoms with E-state index in [4.69, 9.17) is 5.73 Å². The van der Waals surface area contributed by atoms with Crippen LogP contribution >= 0.6 is 0 Å². The Kier molecular flexibility index (Phi) is 5.29. The second-order valence-corrected chi connectivity index (χ2v) is 2.78. The predicted octanol–water partition coefficient (Wildman–Crippen LogP) is 1.01. The highest BCUT2D eigenvalue weighted by Crippen LogP contribution is 2.18. The predicted molar refractivity (Wildman–Crippen MR) is 43.7 cm³/mol. The second-order valence-electron chi connectivity index (χ2n) is 2.78.